The number of nitrogens with one attached hydrogen (secondary N) is 1. The second-order valence-corrected chi connectivity index (χ2v) is 8.04. The average molecular weight is 418 g/mol. The molecule has 0 spiro atoms. The minimum atomic E-state index is -0.345. The molecule has 0 unspecified atom stereocenters. The zero-order chi connectivity index (χ0) is 21.6. The lowest BCUT2D eigenvalue weighted by molar-refractivity contribution is -0.117. The van der Waals surface area contributed by atoms with Crippen LogP contribution in [0.15, 0.2) is 78.9 Å². The predicted octanol–water partition coefficient (Wildman–Crippen LogP) is 4.48. The number of hydrogen-bond acceptors (Lipinski definition) is 3. The first-order valence-electron chi connectivity index (χ1n) is 10.7. The Morgan fingerprint density at radius 3 is 2.06 bits per heavy atom. The maximum absolute atomic E-state index is 13.5. The van der Waals surface area contributed by atoms with E-state index < -0.39 is 0 Å². The number of nitrogens with zero attached hydrogens (tertiary/aromatic N) is 2. The molecule has 0 bridgehead atoms. The molecule has 1 fully saturated rings. The number of aryl methyl sites for hydroxylation is 1. The monoisotopic (exact) mass is 417 g/mol. The molecular formula is C26H28FN3O. The molecule has 4 rings (SSSR count). The van der Waals surface area contributed by atoms with Crippen molar-refractivity contribution in [3.63, 3.8) is 0 Å². The highest BCUT2D eigenvalue weighted by molar-refractivity contribution is 5.92. The van der Waals surface area contributed by atoms with Gasteiger partial charge in [0.1, 0.15) is 5.82 Å². The lowest BCUT2D eigenvalue weighted by Gasteiger charge is -2.39. The van der Waals surface area contributed by atoms with Crippen molar-refractivity contribution in [1.29, 1.82) is 0 Å². The Morgan fingerprint density at radius 2 is 1.48 bits per heavy atom. The van der Waals surface area contributed by atoms with Crippen LogP contribution in [0.25, 0.3) is 0 Å². The average Bonchev–Trinajstić information content (AvgIpc) is 2.79. The van der Waals surface area contributed by atoms with Crippen molar-refractivity contribution in [2.24, 2.45) is 0 Å². The van der Waals surface area contributed by atoms with Crippen LogP contribution in [0.4, 0.5) is 10.1 Å². The van der Waals surface area contributed by atoms with Crippen molar-refractivity contribution < 1.29 is 9.18 Å². The zero-order valence-corrected chi connectivity index (χ0v) is 17.8. The minimum Gasteiger partial charge on any atom is -0.325 e. The van der Waals surface area contributed by atoms with E-state index in [4.69, 9.17) is 0 Å². The Kier molecular flexibility index (Phi) is 6.75. The van der Waals surface area contributed by atoms with E-state index in [0.717, 1.165) is 31.7 Å². The summed E-state index contributed by atoms with van der Waals surface area (Å²) in [4.78, 5) is 17.2. The molecule has 5 heteroatoms. The van der Waals surface area contributed by atoms with Gasteiger partial charge in [-0.25, -0.2) is 4.39 Å². The maximum Gasteiger partial charge on any atom is 0.238 e. The summed E-state index contributed by atoms with van der Waals surface area (Å²) in [6.07, 6.45) is 0. The van der Waals surface area contributed by atoms with E-state index in [1.807, 2.05) is 19.1 Å². The van der Waals surface area contributed by atoms with Gasteiger partial charge in [-0.05, 0) is 35.7 Å². The highest BCUT2D eigenvalue weighted by Crippen LogP contribution is 2.29. The number of carbonyl (C=O) groups is 1. The summed E-state index contributed by atoms with van der Waals surface area (Å²) >= 11 is 0. The van der Waals surface area contributed by atoms with Crippen LogP contribution >= 0.6 is 0 Å². The molecule has 1 saturated heterocycles. The second-order valence-electron chi connectivity index (χ2n) is 8.04. The van der Waals surface area contributed by atoms with Crippen LogP contribution in [0, 0.1) is 12.7 Å². The Balaban J connectivity index is 1.39. The number of piperazine rings is 1. The molecule has 160 valence electrons. The highest BCUT2D eigenvalue weighted by Gasteiger charge is 2.27. The number of carbonyl (C=O) groups excluding carboxylic acids is 1. The van der Waals surface area contributed by atoms with Gasteiger partial charge >= 0.3 is 0 Å². The van der Waals surface area contributed by atoms with Crippen molar-refractivity contribution >= 4 is 11.6 Å². The van der Waals surface area contributed by atoms with Crippen molar-refractivity contribution in [3.05, 3.63) is 101 Å². The number of hydrogen-bond donors (Lipinski definition) is 1. The van der Waals surface area contributed by atoms with E-state index in [0.29, 0.717) is 12.2 Å². The summed E-state index contributed by atoms with van der Waals surface area (Å²) in [6.45, 7) is 5.55. The molecule has 4 nitrogen and oxygen atoms in total. The van der Waals surface area contributed by atoms with Gasteiger partial charge in [0, 0.05) is 31.9 Å². The first-order chi connectivity index (χ1) is 15.1. The van der Waals surface area contributed by atoms with E-state index >= 15 is 0 Å². The van der Waals surface area contributed by atoms with E-state index in [2.05, 4.69) is 63.6 Å². The Morgan fingerprint density at radius 1 is 0.903 bits per heavy atom. The number of amides is 1. The molecule has 0 aliphatic carbocycles. The molecule has 1 aliphatic rings. The summed E-state index contributed by atoms with van der Waals surface area (Å²) in [7, 11) is 0. The molecule has 1 amide bonds. The number of halogens is 1. The quantitative estimate of drug-likeness (QED) is 0.642. The van der Waals surface area contributed by atoms with Crippen LogP contribution in [-0.4, -0.2) is 48.4 Å². The Hall–Kier alpha value is -3.02. The molecule has 0 radical (unpaired) electrons. The summed E-state index contributed by atoms with van der Waals surface area (Å²) in [5, 5.41) is 2.85. The lowest BCUT2D eigenvalue weighted by atomic mass is 9.96. The van der Waals surface area contributed by atoms with Crippen LogP contribution in [0.5, 0.6) is 0 Å². The largest absolute Gasteiger partial charge is 0.325 e. The van der Waals surface area contributed by atoms with Gasteiger partial charge in [-0.3, -0.25) is 14.6 Å². The molecule has 1 N–H and O–H groups in total. The van der Waals surface area contributed by atoms with Gasteiger partial charge in [-0.15, -0.1) is 0 Å². The fourth-order valence-corrected chi connectivity index (χ4v) is 4.19. The van der Waals surface area contributed by atoms with E-state index in [9.17, 15) is 9.18 Å². The second kappa shape index (κ2) is 9.86. The summed E-state index contributed by atoms with van der Waals surface area (Å²) in [5.41, 5.74) is 3.95. The predicted molar refractivity (Wildman–Crippen MR) is 123 cm³/mol. The van der Waals surface area contributed by atoms with Gasteiger partial charge in [0.2, 0.25) is 5.91 Å². The summed E-state index contributed by atoms with van der Waals surface area (Å²) in [6, 6.07) is 25.8. The van der Waals surface area contributed by atoms with Gasteiger partial charge in [-0.2, -0.15) is 0 Å². The third kappa shape index (κ3) is 5.37. The fraction of sp³-hybridized carbons (Fsp3) is 0.269. The van der Waals surface area contributed by atoms with E-state index in [1.165, 1.54) is 23.3 Å². The topological polar surface area (TPSA) is 35.6 Å². The first kappa shape index (κ1) is 21.2. The van der Waals surface area contributed by atoms with Gasteiger partial charge in [0.15, 0.2) is 0 Å². The number of benzene rings is 3. The van der Waals surface area contributed by atoms with Crippen LogP contribution in [0.2, 0.25) is 0 Å². The maximum atomic E-state index is 13.5. The van der Waals surface area contributed by atoms with Gasteiger partial charge in [-0.1, -0.05) is 66.7 Å². The normalized spacial score (nSPS) is 15.2. The zero-order valence-electron chi connectivity index (χ0n) is 17.8. The molecule has 3 aromatic carbocycles. The SMILES string of the molecule is Cc1ccc(F)cc1NC(=O)CN1CCN(C(c2ccccc2)c2ccccc2)CC1. The van der Waals surface area contributed by atoms with Crippen molar-refractivity contribution in [3.8, 4) is 0 Å². The third-order valence-electron chi connectivity index (χ3n) is 5.84. The summed E-state index contributed by atoms with van der Waals surface area (Å²) < 4.78 is 13.5. The number of rotatable bonds is 6. The minimum absolute atomic E-state index is 0.107. The Bertz CT molecular complexity index is 962. The molecule has 1 aliphatic heterocycles. The third-order valence-corrected chi connectivity index (χ3v) is 5.84. The highest BCUT2D eigenvalue weighted by atomic mass is 19.1. The van der Waals surface area contributed by atoms with Crippen LogP contribution in [-0.2, 0) is 4.79 Å². The fourth-order valence-electron chi connectivity index (χ4n) is 4.19. The number of anilines is 1. The molecule has 0 saturated carbocycles. The van der Waals surface area contributed by atoms with Crippen LogP contribution in [0.3, 0.4) is 0 Å². The molecule has 0 atom stereocenters. The molecule has 3 aromatic rings. The van der Waals surface area contributed by atoms with Crippen LogP contribution in [0.1, 0.15) is 22.7 Å². The molecule has 0 aromatic heterocycles. The Labute approximate surface area is 183 Å². The molecular weight excluding hydrogens is 389 g/mol. The lowest BCUT2D eigenvalue weighted by Crippen LogP contribution is -2.49. The van der Waals surface area contributed by atoms with Crippen LogP contribution < -0.4 is 5.32 Å². The van der Waals surface area contributed by atoms with E-state index in [1.54, 1.807) is 6.07 Å². The smallest absolute Gasteiger partial charge is 0.238 e. The van der Waals surface area contributed by atoms with Gasteiger partial charge < -0.3 is 5.32 Å². The van der Waals surface area contributed by atoms with E-state index in [-0.39, 0.29) is 17.8 Å². The first-order valence-corrected chi connectivity index (χ1v) is 10.7. The standard InChI is InChI=1S/C26H28FN3O/c1-20-12-13-23(27)18-24(20)28-25(31)19-29-14-16-30(17-15-29)26(21-8-4-2-5-9-21)22-10-6-3-7-11-22/h2-13,18,26H,14-17,19H2,1H3,(H,28,31). The van der Waals surface area contributed by atoms with Crippen molar-refractivity contribution in [1.82, 2.24) is 9.80 Å². The van der Waals surface area contributed by atoms with Gasteiger partial charge in [0.25, 0.3) is 0 Å². The van der Waals surface area contributed by atoms with Crippen molar-refractivity contribution in [2.75, 3.05) is 38.0 Å². The van der Waals surface area contributed by atoms with Crippen molar-refractivity contribution in [2.45, 2.75) is 13.0 Å². The van der Waals surface area contributed by atoms with Gasteiger partial charge in [0.05, 0.1) is 12.6 Å². The molecule has 31 heavy (non-hydrogen) atoms. The summed E-state index contributed by atoms with van der Waals surface area (Å²) in [5.74, 6) is -0.452. The molecule has 1 heterocycles.